The number of anilines is 1. The number of hydrogen-bond acceptors (Lipinski definition) is 2. The minimum Gasteiger partial charge on any atom is -0.286 e. The summed E-state index contributed by atoms with van der Waals surface area (Å²) in [5.74, 6) is 0.987. The number of nitrogens with one attached hydrogen (secondary N) is 1. The second-order valence-corrected chi connectivity index (χ2v) is 4.10. The fourth-order valence-electron chi connectivity index (χ4n) is 1.49. The molecule has 1 aliphatic rings. The Kier molecular flexibility index (Phi) is 3.03. The van der Waals surface area contributed by atoms with Crippen LogP contribution in [-0.2, 0) is 0 Å². The van der Waals surface area contributed by atoms with E-state index in [0.717, 1.165) is 24.5 Å². The molecule has 0 atom stereocenters. The van der Waals surface area contributed by atoms with Gasteiger partial charge in [-0.3, -0.25) is 15.4 Å². The van der Waals surface area contributed by atoms with E-state index in [9.17, 15) is 0 Å². The lowest BCUT2D eigenvalue weighted by Crippen LogP contribution is -2.32. The fourth-order valence-corrected chi connectivity index (χ4v) is 1.79. The molecule has 1 heterocycles. The van der Waals surface area contributed by atoms with Crippen molar-refractivity contribution in [3.05, 3.63) is 28.2 Å². The van der Waals surface area contributed by atoms with Crippen molar-refractivity contribution >= 4 is 34.7 Å². The van der Waals surface area contributed by atoms with Gasteiger partial charge in [-0.25, -0.2) is 0 Å². The van der Waals surface area contributed by atoms with Gasteiger partial charge in [-0.2, -0.15) is 0 Å². The van der Waals surface area contributed by atoms with Crippen LogP contribution in [0.3, 0.4) is 0 Å². The molecule has 0 bridgehead atoms. The second kappa shape index (κ2) is 4.29. The van der Waals surface area contributed by atoms with Gasteiger partial charge in [-0.1, -0.05) is 23.2 Å². The Morgan fingerprint density at radius 3 is 2.73 bits per heavy atom. The van der Waals surface area contributed by atoms with Crippen molar-refractivity contribution in [3.63, 3.8) is 0 Å². The summed E-state index contributed by atoms with van der Waals surface area (Å²) >= 11 is 11.8. The first kappa shape index (κ1) is 10.6. The quantitative estimate of drug-likeness (QED) is 0.822. The minimum absolute atomic E-state index is 0.567. The molecule has 0 unspecified atom stereocenters. The van der Waals surface area contributed by atoms with Gasteiger partial charge >= 0.3 is 0 Å². The van der Waals surface area contributed by atoms with Gasteiger partial charge in [0.15, 0.2) is 0 Å². The van der Waals surface area contributed by atoms with Crippen molar-refractivity contribution in [3.8, 4) is 0 Å². The number of nitrogens with zero attached hydrogens (tertiary/aromatic N) is 2. The maximum atomic E-state index is 5.95. The Balaban J connectivity index is 2.21. The van der Waals surface area contributed by atoms with Gasteiger partial charge in [0.25, 0.3) is 0 Å². The third kappa shape index (κ3) is 2.19. The van der Waals surface area contributed by atoms with E-state index in [1.54, 1.807) is 13.1 Å². The molecule has 5 heteroatoms. The van der Waals surface area contributed by atoms with Crippen molar-refractivity contribution in [1.29, 1.82) is 0 Å². The SMILES string of the molecule is CN=C1CCN(c2ccc(Cl)c(Cl)c2)N1. The summed E-state index contributed by atoms with van der Waals surface area (Å²) in [7, 11) is 1.78. The Morgan fingerprint density at radius 2 is 2.13 bits per heavy atom. The number of aliphatic imine (C=N–C) groups is 1. The summed E-state index contributed by atoms with van der Waals surface area (Å²) in [6.07, 6.45) is 0.927. The predicted molar refractivity (Wildman–Crippen MR) is 64.9 cm³/mol. The first-order valence-corrected chi connectivity index (χ1v) is 5.41. The highest BCUT2D eigenvalue weighted by molar-refractivity contribution is 6.42. The third-order valence-electron chi connectivity index (χ3n) is 2.32. The summed E-state index contributed by atoms with van der Waals surface area (Å²) in [4.78, 5) is 4.11. The highest BCUT2D eigenvalue weighted by Crippen LogP contribution is 2.27. The molecule has 1 aromatic carbocycles. The average Bonchev–Trinajstić information content (AvgIpc) is 2.70. The van der Waals surface area contributed by atoms with Gasteiger partial charge in [0.05, 0.1) is 15.7 Å². The molecule has 1 N–H and O–H groups in total. The summed E-state index contributed by atoms with van der Waals surface area (Å²) in [5, 5.41) is 3.15. The molecule has 1 fully saturated rings. The van der Waals surface area contributed by atoms with Gasteiger partial charge in [0.2, 0.25) is 0 Å². The molecule has 0 spiro atoms. The maximum Gasteiger partial charge on any atom is 0.116 e. The van der Waals surface area contributed by atoms with Crippen LogP contribution in [0.1, 0.15) is 6.42 Å². The molecule has 1 saturated heterocycles. The Hall–Kier alpha value is -0.930. The van der Waals surface area contributed by atoms with Crippen LogP contribution in [0, 0.1) is 0 Å². The molecular weight excluding hydrogens is 233 g/mol. The number of halogens is 2. The zero-order chi connectivity index (χ0) is 10.8. The number of rotatable bonds is 1. The normalized spacial score (nSPS) is 18.3. The molecule has 0 saturated carbocycles. The van der Waals surface area contributed by atoms with Crippen LogP contribution in [0.4, 0.5) is 5.69 Å². The first-order chi connectivity index (χ1) is 7.20. The average molecular weight is 244 g/mol. The third-order valence-corrected chi connectivity index (χ3v) is 3.06. The fraction of sp³-hybridized carbons (Fsp3) is 0.300. The van der Waals surface area contributed by atoms with Crippen LogP contribution >= 0.6 is 23.2 Å². The predicted octanol–water partition coefficient (Wildman–Crippen LogP) is 2.74. The Morgan fingerprint density at radius 1 is 1.33 bits per heavy atom. The van der Waals surface area contributed by atoms with E-state index >= 15 is 0 Å². The zero-order valence-electron chi connectivity index (χ0n) is 8.30. The molecule has 2 rings (SSSR count). The van der Waals surface area contributed by atoms with E-state index in [1.165, 1.54) is 0 Å². The van der Waals surface area contributed by atoms with Gasteiger partial charge in [-0.05, 0) is 18.2 Å². The summed E-state index contributed by atoms with van der Waals surface area (Å²) in [6, 6.07) is 5.57. The Bertz CT molecular complexity index is 404. The molecule has 80 valence electrons. The van der Waals surface area contributed by atoms with Gasteiger partial charge in [-0.15, -0.1) is 0 Å². The van der Waals surface area contributed by atoms with Crippen LogP contribution < -0.4 is 10.4 Å². The van der Waals surface area contributed by atoms with Crippen LogP contribution in [0.25, 0.3) is 0 Å². The molecule has 0 aliphatic carbocycles. The van der Waals surface area contributed by atoms with Crippen molar-refractivity contribution in [2.75, 3.05) is 18.6 Å². The van der Waals surface area contributed by atoms with Gasteiger partial charge < -0.3 is 0 Å². The highest BCUT2D eigenvalue weighted by atomic mass is 35.5. The Labute approximate surface area is 98.7 Å². The first-order valence-electron chi connectivity index (χ1n) is 4.65. The van der Waals surface area contributed by atoms with E-state index < -0.39 is 0 Å². The monoisotopic (exact) mass is 243 g/mol. The molecule has 0 aromatic heterocycles. The molecule has 0 amide bonds. The van der Waals surface area contributed by atoms with E-state index in [0.29, 0.717) is 10.0 Å². The molecule has 1 aliphatic heterocycles. The number of benzene rings is 1. The number of hydrogen-bond donors (Lipinski definition) is 1. The van der Waals surface area contributed by atoms with Crippen molar-refractivity contribution in [1.82, 2.24) is 5.43 Å². The summed E-state index contributed by atoms with van der Waals surface area (Å²) in [6.45, 7) is 0.893. The molecule has 1 aromatic rings. The smallest absolute Gasteiger partial charge is 0.116 e. The highest BCUT2D eigenvalue weighted by Gasteiger charge is 2.17. The van der Waals surface area contributed by atoms with E-state index in [2.05, 4.69) is 10.4 Å². The lowest BCUT2D eigenvalue weighted by molar-refractivity contribution is 0.857. The van der Waals surface area contributed by atoms with Crippen LogP contribution in [-0.4, -0.2) is 19.4 Å². The lowest BCUT2D eigenvalue weighted by Gasteiger charge is -2.18. The standard InChI is InChI=1S/C10H11Cl2N3/c1-13-10-4-5-15(14-10)7-2-3-8(11)9(12)6-7/h2-3,6H,4-5H2,1H3,(H,13,14). The summed E-state index contributed by atoms with van der Waals surface area (Å²) in [5.41, 5.74) is 4.19. The van der Waals surface area contributed by atoms with Crippen molar-refractivity contribution < 1.29 is 0 Å². The minimum atomic E-state index is 0.567. The van der Waals surface area contributed by atoms with Crippen molar-refractivity contribution in [2.45, 2.75) is 6.42 Å². The molecular formula is C10H11Cl2N3. The van der Waals surface area contributed by atoms with E-state index in [-0.39, 0.29) is 0 Å². The zero-order valence-corrected chi connectivity index (χ0v) is 9.81. The van der Waals surface area contributed by atoms with E-state index in [4.69, 9.17) is 23.2 Å². The molecule has 0 radical (unpaired) electrons. The number of amidine groups is 1. The molecule has 15 heavy (non-hydrogen) atoms. The van der Waals surface area contributed by atoms with Crippen molar-refractivity contribution in [2.24, 2.45) is 4.99 Å². The van der Waals surface area contributed by atoms with Gasteiger partial charge in [0, 0.05) is 20.0 Å². The number of hydrazine groups is 1. The lowest BCUT2D eigenvalue weighted by atomic mass is 10.3. The second-order valence-electron chi connectivity index (χ2n) is 3.28. The maximum absolute atomic E-state index is 5.95. The summed E-state index contributed by atoms with van der Waals surface area (Å²) < 4.78 is 0. The molecule has 3 nitrogen and oxygen atoms in total. The van der Waals surface area contributed by atoms with E-state index in [1.807, 2.05) is 17.1 Å². The van der Waals surface area contributed by atoms with Gasteiger partial charge in [0.1, 0.15) is 5.84 Å². The topological polar surface area (TPSA) is 27.6 Å². The largest absolute Gasteiger partial charge is 0.286 e. The van der Waals surface area contributed by atoms with Crippen LogP contribution in [0.15, 0.2) is 23.2 Å². The van der Waals surface area contributed by atoms with Crippen LogP contribution in [0.5, 0.6) is 0 Å². The van der Waals surface area contributed by atoms with Crippen LogP contribution in [0.2, 0.25) is 10.0 Å².